The molecule has 0 heterocycles. The predicted octanol–water partition coefficient (Wildman–Crippen LogP) is 3.70. The van der Waals surface area contributed by atoms with E-state index in [1.807, 2.05) is 45.0 Å². The van der Waals surface area contributed by atoms with Crippen LogP contribution in [-0.4, -0.2) is 18.4 Å². The summed E-state index contributed by atoms with van der Waals surface area (Å²) in [5.74, 6) is 0.615. The summed E-state index contributed by atoms with van der Waals surface area (Å²) in [6, 6.07) is 7.47. The van der Waals surface area contributed by atoms with Crippen molar-refractivity contribution in [2.75, 3.05) is 6.61 Å². The van der Waals surface area contributed by atoms with E-state index in [2.05, 4.69) is 10.6 Å². The fourth-order valence-electron chi connectivity index (χ4n) is 2.29. The van der Waals surface area contributed by atoms with Crippen LogP contribution in [0.15, 0.2) is 24.3 Å². The first kappa shape index (κ1) is 20.0. The summed E-state index contributed by atoms with van der Waals surface area (Å²) in [7, 11) is 0. The highest BCUT2D eigenvalue weighted by Gasteiger charge is 2.17. The van der Waals surface area contributed by atoms with Crippen molar-refractivity contribution in [3.05, 3.63) is 29.8 Å². The monoisotopic (exact) mass is 334 g/mol. The molecule has 134 valence electrons. The molecule has 0 aliphatic rings. The lowest BCUT2D eigenvalue weighted by Crippen LogP contribution is -2.41. The van der Waals surface area contributed by atoms with Crippen LogP contribution < -0.4 is 15.4 Å². The van der Waals surface area contributed by atoms with Crippen molar-refractivity contribution in [1.82, 2.24) is 10.6 Å². The Morgan fingerprint density at radius 1 is 1.00 bits per heavy atom. The molecule has 0 saturated carbocycles. The quantitative estimate of drug-likeness (QED) is 0.606. The van der Waals surface area contributed by atoms with Crippen molar-refractivity contribution in [2.24, 2.45) is 0 Å². The molecule has 0 unspecified atom stereocenters. The van der Waals surface area contributed by atoms with Crippen LogP contribution in [0.3, 0.4) is 0 Å². The second-order valence-corrected chi connectivity index (χ2v) is 5.78. The minimum absolute atomic E-state index is 0.0561. The van der Waals surface area contributed by atoms with Crippen LogP contribution in [0.25, 0.3) is 0 Å². The highest BCUT2D eigenvalue weighted by Crippen LogP contribution is 2.18. The van der Waals surface area contributed by atoms with Gasteiger partial charge in [0.25, 0.3) is 0 Å². The molecule has 0 aliphatic carbocycles. The van der Waals surface area contributed by atoms with Crippen LogP contribution in [0.4, 0.5) is 0 Å². The van der Waals surface area contributed by atoms with Crippen molar-refractivity contribution in [2.45, 2.75) is 65.5 Å². The van der Waals surface area contributed by atoms with Gasteiger partial charge < -0.3 is 15.4 Å². The third-order valence-corrected chi connectivity index (χ3v) is 3.63. The summed E-state index contributed by atoms with van der Waals surface area (Å²) >= 11 is 0. The molecule has 0 saturated heterocycles. The number of nitrogens with one attached hydrogen (secondary N) is 2. The number of carbonyl (C=O) groups is 2. The first-order chi connectivity index (χ1) is 11.6. The SMILES string of the molecule is CCCCC(=O)NC(NC(=O)CCCC)c1cccc(OCC)c1. The Morgan fingerprint density at radius 3 is 2.08 bits per heavy atom. The molecule has 0 spiro atoms. The molecule has 0 atom stereocenters. The van der Waals surface area contributed by atoms with Crippen molar-refractivity contribution < 1.29 is 14.3 Å². The minimum Gasteiger partial charge on any atom is -0.494 e. The second-order valence-electron chi connectivity index (χ2n) is 5.78. The molecule has 1 aromatic carbocycles. The molecule has 0 radical (unpaired) electrons. The van der Waals surface area contributed by atoms with E-state index in [9.17, 15) is 9.59 Å². The Kier molecular flexibility index (Phi) is 9.58. The molecule has 1 rings (SSSR count). The fourth-order valence-corrected chi connectivity index (χ4v) is 2.29. The van der Waals surface area contributed by atoms with Crippen molar-refractivity contribution in [1.29, 1.82) is 0 Å². The van der Waals surface area contributed by atoms with Gasteiger partial charge in [-0.3, -0.25) is 9.59 Å². The van der Waals surface area contributed by atoms with Gasteiger partial charge in [-0.05, 0) is 37.5 Å². The molecule has 5 heteroatoms. The number of hydrogen-bond donors (Lipinski definition) is 2. The summed E-state index contributed by atoms with van der Waals surface area (Å²) in [4.78, 5) is 24.2. The summed E-state index contributed by atoms with van der Waals surface area (Å²) in [5, 5.41) is 5.84. The van der Waals surface area contributed by atoms with Gasteiger partial charge in [0.15, 0.2) is 0 Å². The highest BCUT2D eigenvalue weighted by molar-refractivity contribution is 5.79. The molecule has 1 aromatic rings. The Balaban J connectivity index is 2.84. The van der Waals surface area contributed by atoms with E-state index < -0.39 is 6.17 Å². The van der Waals surface area contributed by atoms with E-state index in [0.717, 1.165) is 37.0 Å². The van der Waals surface area contributed by atoms with Crippen LogP contribution in [0.1, 0.15) is 71.0 Å². The fraction of sp³-hybridized carbons (Fsp3) is 0.579. The minimum atomic E-state index is -0.529. The number of ether oxygens (including phenoxy) is 1. The third-order valence-electron chi connectivity index (χ3n) is 3.63. The number of unbranched alkanes of at least 4 members (excludes halogenated alkanes) is 2. The molecule has 0 aliphatic heterocycles. The largest absolute Gasteiger partial charge is 0.494 e. The van der Waals surface area contributed by atoms with Crippen molar-refractivity contribution >= 4 is 11.8 Å². The average molecular weight is 334 g/mol. The number of amides is 2. The number of rotatable bonds is 11. The number of hydrogen-bond acceptors (Lipinski definition) is 3. The number of benzene rings is 1. The maximum atomic E-state index is 12.1. The molecule has 0 bridgehead atoms. The highest BCUT2D eigenvalue weighted by atomic mass is 16.5. The van der Waals surface area contributed by atoms with Gasteiger partial charge in [-0.2, -0.15) is 0 Å². The van der Waals surface area contributed by atoms with Crippen LogP contribution in [-0.2, 0) is 9.59 Å². The standard InChI is InChI=1S/C19H30N2O3/c1-4-7-12-17(22)20-19(21-18(23)13-8-5-2)15-10-9-11-16(14-15)24-6-3/h9-11,14,19H,4-8,12-13H2,1-3H3,(H,20,22)(H,21,23). The van der Waals surface area contributed by atoms with Crippen LogP contribution in [0.2, 0.25) is 0 Å². The van der Waals surface area contributed by atoms with Gasteiger partial charge >= 0.3 is 0 Å². The Bertz CT molecular complexity index is 495. The summed E-state index contributed by atoms with van der Waals surface area (Å²) in [6.45, 7) is 6.58. The van der Waals surface area contributed by atoms with Gasteiger partial charge in [0.05, 0.1) is 6.61 Å². The van der Waals surface area contributed by atoms with Gasteiger partial charge in [0.2, 0.25) is 11.8 Å². The van der Waals surface area contributed by atoms with Gasteiger partial charge in [-0.25, -0.2) is 0 Å². The van der Waals surface area contributed by atoms with E-state index >= 15 is 0 Å². The molecular formula is C19H30N2O3. The first-order valence-corrected chi connectivity index (χ1v) is 8.92. The Hall–Kier alpha value is -2.04. The zero-order chi connectivity index (χ0) is 17.8. The van der Waals surface area contributed by atoms with Crippen LogP contribution in [0.5, 0.6) is 5.75 Å². The normalized spacial score (nSPS) is 10.5. The van der Waals surface area contributed by atoms with Gasteiger partial charge in [-0.15, -0.1) is 0 Å². The molecule has 5 nitrogen and oxygen atoms in total. The van der Waals surface area contributed by atoms with E-state index in [1.165, 1.54) is 0 Å². The van der Waals surface area contributed by atoms with Gasteiger partial charge in [0.1, 0.15) is 11.9 Å². The van der Waals surface area contributed by atoms with Gasteiger partial charge in [0, 0.05) is 12.8 Å². The van der Waals surface area contributed by atoms with E-state index in [1.54, 1.807) is 0 Å². The van der Waals surface area contributed by atoms with E-state index in [4.69, 9.17) is 4.74 Å². The molecule has 2 amide bonds. The topological polar surface area (TPSA) is 67.4 Å². The maximum absolute atomic E-state index is 12.1. The summed E-state index contributed by atoms with van der Waals surface area (Å²) in [5.41, 5.74) is 0.815. The van der Waals surface area contributed by atoms with Crippen molar-refractivity contribution in [3.8, 4) is 5.75 Å². The Labute approximate surface area is 145 Å². The molecular weight excluding hydrogens is 304 g/mol. The lowest BCUT2D eigenvalue weighted by Gasteiger charge is -2.21. The average Bonchev–Trinajstić information content (AvgIpc) is 2.58. The van der Waals surface area contributed by atoms with Gasteiger partial charge in [-0.1, -0.05) is 38.8 Å². The number of carbonyl (C=O) groups excluding carboxylic acids is 2. The smallest absolute Gasteiger partial charge is 0.221 e. The summed E-state index contributed by atoms with van der Waals surface area (Å²) in [6.07, 6.45) is 3.98. The molecule has 0 aromatic heterocycles. The molecule has 24 heavy (non-hydrogen) atoms. The second kappa shape index (κ2) is 11.5. The van der Waals surface area contributed by atoms with E-state index in [0.29, 0.717) is 19.4 Å². The molecule has 0 fully saturated rings. The van der Waals surface area contributed by atoms with Crippen LogP contribution >= 0.6 is 0 Å². The summed E-state index contributed by atoms with van der Waals surface area (Å²) < 4.78 is 5.51. The predicted molar refractivity (Wildman–Crippen MR) is 95.7 cm³/mol. The lowest BCUT2D eigenvalue weighted by atomic mass is 10.1. The lowest BCUT2D eigenvalue weighted by molar-refractivity contribution is -0.124. The zero-order valence-electron chi connectivity index (χ0n) is 15.1. The third kappa shape index (κ3) is 7.49. The van der Waals surface area contributed by atoms with E-state index in [-0.39, 0.29) is 11.8 Å². The van der Waals surface area contributed by atoms with Crippen LogP contribution in [0, 0.1) is 0 Å². The molecule has 2 N–H and O–H groups in total. The maximum Gasteiger partial charge on any atom is 0.221 e. The first-order valence-electron chi connectivity index (χ1n) is 8.92. The van der Waals surface area contributed by atoms with Crippen molar-refractivity contribution in [3.63, 3.8) is 0 Å². The zero-order valence-corrected chi connectivity index (χ0v) is 15.1. The Morgan fingerprint density at radius 2 is 1.58 bits per heavy atom.